The molecule has 0 spiro atoms. The van der Waals surface area contributed by atoms with Gasteiger partial charge in [0.25, 0.3) is 0 Å². The van der Waals surface area contributed by atoms with Crippen molar-refractivity contribution in [1.29, 1.82) is 0 Å². The predicted molar refractivity (Wildman–Crippen MR) is 90.6 cm³/mol. The zero-order valence-electron chi connectivity index (χ0n) is 14.4. The van der Waals surface area contributed by atoms with Crippen LogP contribution in [0, 0.1) is 13.8 Å². The van der Waals surface area contributed by atoms with Crippen LogP contribution in [0.4, 0.5) is 0 Å². The van der Waals surface area contributed by atoms with Crippen molar-refractivity contribution in [3.63, 3.8) is 0 Å². The fourth-order valence-electron chi connectivity index (χ4n) is 3.00. The van der Waals surface area contributed by atoms with Crippen LogP contribution in [-0.2, 0) is 0 Å². The highest BCUT2D eigenvalue weighted by atomic mass is 16.5. The second kappa shape index (κ2) is 7.95. The zero-order chi connectivity index (χ0) is 16.1. The van der Waals surface area contributed by atoms with Gasteiger partial charge in [0.1, 0.15) is 5.75 Å². The fraction of sp³-hybridized carbons (Fsp3) is 0.667. The lowest BCUT2D eigenvalue weighted by molar-refractivity contribution is 0.130. The highest BCUT2D eigenvalue weighted by Crippen LogP contribution is 2.34. The Morgan fingerprint density at radius 3 is 2.45 bits per heavy atom. The quantitative estimate of drug-likeness (QED) is 0.847. The number of rotatable bonds is 6. The molecule has 1 heterocycles. The van der Waals surface area contributed by atoms with Crippen LogP contribution in [0.15, 0.2) is 12.1 Å². The minimum atomic E-state index is -0.469. The predicted octanol–water partition coefficient (Wildman–Crippen LogP) is 2.42. The fourth-order valence-corrected chi connectivity index (χ4v) is 3.00. The summed E-state index contributed by atoms with van der Waals surface area (Å²) in [5.74, 6) is 0.864. The van der Waals surface area contributed by atoms with Crippen LogP contribution < -0.4 is 10.1 Å². The van der Waals surface area contributed by atoms with Crippen molar-refractivity contribution in [3.05, 3.63) is 28.8 Å². The number of aliphatic hydroxyl groups is 1. The largest absolute Gasteiger partial charge is 0.490 e. The van der Waals surface area contributed by atoms with Gasteiger partial charge < -0.3 is 20.1 Å². The summed E-state index contributed by atoms with van der Waals surface area (Å²) in [6.07, 6.45) is 0.391. The minimum absolute atomic E-state index is 0.111. The van der Waals surface area contributed by atoms with Crippen molar-refractivity contribution in [2.75, 3.05) is 32.7 Å². The van der Waals surface area contributed by atoms with E-state index in [-0.39, 0.29) is 6.10 Å². The first kappa shape index (κ1) is 17.3. The SMILES string of the molecule is Cc1ccc(C)c(C(O)CCN2CCNCC2)c1OC(C)C. The third-order valence-electron chi connectivity index (χ3n) is 4.23. The molecule has 1 saturated heterocycles. The van der Waals surface area contributed by atoms with Crippen molar-refractivity contribution in [2.45, 2.75) is 46.3 Å². The van der Waals surface area contributed by atoms with E-state index >= 15 is 0 Å². The Balaban J connectivity index is 2.09. The molecule has 1 atom stereocenters. The molecule has 0 saturated carbocycles. The van der Waals surface area contributed by atoms with E-state index in [1.807, 2.05) is 20.8 Å². The van der Waals surface area contributed by atoms with E-state index in [4.69, 9.17) is 4.74 Å². The molecule has 0 radical (unpaired) electrons. The van der Waals surface area contributed by atoms with Gasteiger partial charge in [-0.05, 0) is 45.2 Å². The number of nitrogens with one attached hydrogen (secondary N) is 1. The van der Waals surface area contributed by atoms with Crippen LogP contribution in [0.2, 0.25) is 0 Å². The average Bonchev–Trinajstić information content (AvgIpc) is 2.49. The molecule has 124 valence electrons. The third-order valence-corrected chi connectivity index (χ3v) is 4.23. The number of aliphatic hydroxyl groups excluding tert-OH is 1. The van der Waals surface area contributed by atoms with Gasteiger partial charge in [-0.1, -0.05) is 12.1 Å². The maximum Gasteiger partial charge on any atom is 0.128 e. The molecule has 1 unspecified atom stereocenters. The van der Waals surface area contributed by atoms with E-state index < -0.39 is 6.10 Å². The molecule has 0 bridgehead atoms. The van der Waals surface area contributed by atoms with Crippen LogP contribution in [-0.4, -0.2) is 48.8 Å². The molecule has 0 aromatic heterocycles. The molecule has 0 amide bonds. The van der Waals surface area contributed by atoms with Gasteiger partial charge in [-0.3, -0.25) is 0 Å². The first-order valence-corrected chi connectivity index (χ1v) is 8.37. The van der Waals surface area contributed by atoms with Gasteiger partial charge in [0, 0.05) is 38.3 Å². The lowest BCUT2D eigenvalue weighted by atomic mass is 9.97. The Bertz CT molecular complexity index is 482. The van der Waals surface area contributed by atoms with E-state index in [9.17, 15) is 5.11 Å². The molecule has 4 nitrogen and oxygen atoms in total. The smallest absolute Gasteiger partial charge is 0.128 e. The van der Waals surface area contributed by atoms with Crippen LogP contribution in [0.25, 0.3) is 0 Å². The van der Waals surface area contributed by atoms with Gasteiger partial charge in [0.15, 0.2) is 0 Å². The Kier molecular flexibility index (Phi) is 6.24. The van der Waals surface area contributed by atoms with Gasteiger partial charge >= 0.3 is 0 Å². The van der Waals surface area contributed by atoms with Crippen molar-refractivity contribution >= 4 is 0 Å². The summed E-state index contributed by atoms with van der Waals surface area (Å²) in [7, 11) is 0. The second-order valence-electron chi connectivity index (χ2n) is 6.50. The minimum Gasteiger partial charge on any atom is -0.490 e. The van der Waals surface area contributed by atoms with Crippen LogP contribution in [0.5, 0.6) is 5.75 Å². The Morgan fingerprint density at radius 1 is 1.18 bits per heavy atom. The Labute approximate surface area is 134 Å². The molecule has 1 aliphatic heterocycles. The number of piperazine rings is 1. The van der Waals surface area contributed by atoms with Crippen LogP contribution in [0.3, 0.4) is 0 Å². The molecular weight excluding hydrogens is 276 g/mol. The molecule has 1 aliphatic rings. The highest BCUT2D eigenvalue weighted by molar-refractivity contribution is 5.47. The first-order valence-electron chi connectivity index (χ1n) is 8.37. The maximum absolute atomic E-state index is 10.7. The van der Waals surface area contributed by atoms with Crippen LogP contribution >= 0.6 is 0 Å². The molecule has 1 aromatic carbocycles. The molecule has 0 aliphatic carbocycles. The summed E-state index contributed by atoms with van der Waals surface area (Å²) in [6, 6.07) is 4.14. The Morgan fingerprint density at radius 2 is 1.82 bits per heavy atom. The molecule has 1 aromatic rings. The average molecular weight is 306 g/mol. The summed E-state index contributed by atoms with van der Waals surface area (Å²) in [5, 5.41) is 14.1. The molecule has 4 heteroatoms. The number of aryl methyl sites for hydroxylation is 2. The summed E-state index contributed by atoms with van der Waals surface area (Å²) in [6.45, 7) is 13.3. The van der Waals surface area contributed by atoms with Gasteiger partial charge in [-0.2, -0.15) is 0 Å². The van der Waals surface area contributed by atoms with E-state index in [0.717, 1.165) is 61.6 Å². The monoisotopic (exact) mass is 306 g/mol. The third kappa shape index (κ3) is 4.45. The highest BCUT2D eigenvalue weighted by Gasteiger charge is 2.20. The molecule has 22 heavy (non-hydrogen) atoms. The maximum atomic E-state index is 10.7. The molecule has 1 fully saturated rings. The van der Waals surface area contributed by atoms with E-state index in [2.05, 4.69) is 29.3 Å². The molecule has 2 N–H and O–H groups in total. The summed E-state index contributed by atoms with van der Waals surface area (Å²) >= 11 is 0. The summed E-state index contributed by atoms with van der Waals surface area (Å²) < 4.78 is 5.99. The zero-order valence-corrected chi connectivity index (χ0v) is 14.4. The summed E-state index contributed by atoms with van der Waals surface area (Å²) in [5.41, 5.74) is 3.16. The Hall–Kier alpha value is -1.10. The van der Waals surface area contributed by atoms with Gasteiger partial charge in [-0.15, -0.1) is 0 Å². The van der Waals surface area contributed by atoms with Crippen molar-refractivity contribution in [3.8, 4) is 5.75 Å². The topological polar surface area (TPSA) is 44.7 Å². The number of hydrogen-bond donors (Lipinski definition) is 2. The van der Waals surface area contributed by atoms with Crippen molar-refractivity contribution < 1.29 is 9.84 Å². The van der Waals surface area contributed by atoms with Crippen LogP contribution in [0.1, 0.15) is 43.1 Å². The van der Waals surface area contributed by atoms with E-state index in [1.165, 1.54) is 0 Å². The first-order chi connectivity index (χ1) is 10.5. The van der Waals surface area contributed by atoms with Gasteiger partial charge in [0.05, 0.1) is 12.2 Å². The number of ether oxygens (including phenoxy) is 1. The lowest BCUT2D eigenvalue weighted by Gasteiger charge is -2.29. The second-order valence-corrected chi connectivity index (χ2v) is 6.50. The number of benzene rings is 1. The normalized spacial score (nSPS) is 17.7. The van der Waals surface area contributed by atoms with Gasteiger partial charge in [-0.25, -0.2) is 0 Å². The summed E-state index contributed by atoms with van der Waals surface area (Å²) in [4.78, 5) is 2.41. The number of hydrogen-bond acceptors (Lipinski definition) is 4. The number of nitrogens with zero attached hydrogens (tertiary/aromatic N) is 1. The van der Waals surface area contributed by atoms with Crippen molar-refractivity contribution in [2.24, 2.45) is 0 Å². The molecular formula is C18H30N2O2. The lowest BCUT2D eigenvalue weighted by Crippen LogP contribution is -2.44. The van der Waals surface area contributed by atoms with Crippen molar-refractivity contribution in [1.82, 2.24) is 10.2 Å². The molecule has 2 rings (SSSR count). The standard InChI is InChI=1S/C18H30N2O2/c1-13(2)22-18-15(4)6-5-14(3)17(18)16(21)7-10-20-11-8-19-9-12-20/h5-6,13,16,19,21H,7-12H2,1-4H3. The van der Waals surface area contributed by atoms with E-state index in [0.29, 0.717) is 0 Å². The van der Waals surface area contributed by atoms with Gasteiger partial charge in [0.2, 0.25) is 0 Å². The van der Waals surface area contributed by atoms with E-state index in [1.54, 1.807) is 0 Å².